The zero-order chi connectivity index (χ0) is 12.0. The van der Waals surface area contributed by atoms with Crippen LogP contribution in [0.4, 0.5) is 0 Å². The Balaban J connectivity index is 2.70. The molecular weight excluding hydrogens is 288 g/mol. The van der Waals surface area contributed by atoms with Gasteiger partial charge in [0.1, 0.15) is 5.25 Å². The molecule has 0 radical (unpaired) electrons. The first-order chi connectivity index (χ1) is 7.69. The molecule has 0 aliphatic rings. The van der Waals surface area contributed by atoms with Crippen LogP contribution in [-0.2, 0) is 9.53 Å². The lowest BCUT2D eigenvalue weighted by molar-refractivity contribution is -0.142. The topological polar surface area (TPSA) is 26.3 Å². The molecule has 0 spiro atoms. The molecular formula is C12H15BrO2S. The van der Waals surface area contributed by atoms with Gasteiger partial charge < -0.3 is 4.74 Å². The molecule has 0 aliphatic heterocycles. The lowest BCUT2D eigenvalue weighted by Crippen LogP contribution is -2.19. The lowest BCUT2D eigenvalue weighted by Gasteiger charge is -2.13. The summed E-state index contributed by atoms with van der Waals surface area (Å²) in [6.07, 6.45) is 0.769. The summed E-state index contributed by atoms with van der Waals surface area (Å²) < 4.78 is 6.05. The molecule has 1 aromatic carbocycles. The number of rotatable bonds is 5. The number of hydrogen-bond donors (Lipinski definition) is 0. The monoisotopic (exact) mass is 302 g/mol. The number of hydrogen-bond acceptors (Lipinski definition) is 3. The van der Waals surface area contributed by atoms with Crippen LogP contribution in [0.1, 0.15) is 20.3 Å². The second kappa shape index (κ2) is 6.97. The Hall–Kier alpha value is -0.480. The highest BCUT2D eigenvalue weighted by Gasteiger charge is 2.19. The first-order valence-corrected chi connectivity index (χ1v) is 6.94. The fraction of sp³-hybridized carbons (Fsp3) is 0.417. The third-order valence-electron chi connectivity index (χ3n) is 2.03. The molecule has 0 saturated heterocycles. The molecule has 0 aliphatic carbocycles. The van der Waals surface area contributed by atoms with Gasteiger partial charge >= 0.3 is 5.97 Å². The van der Waals surface area contributed by atoms with Gasteiger partial charge in [-0.1, -0.05) is 19.1 Å². The van der Waals surface area contributed by atoms with Crippen molar-refractivity contribution in [2.24, 2.45) is 0 Å². The van der Waals surface area contributed by atoms with E-state index in [1.165, 1.54) is 0 Å². The minimum atomic E-state index is -0.134. The maximum atomic E-state index is 11.6. The van der Waals surface area contributed by atoms with Gasteiger partial charge in [0.2, 0.25) is 0 Å². The van der Waals surface area contributed by atoms with Crippen LogP contribution in [0.2, 0.25) is 0 Å². The van der Waals surface area contributed by atoms with Gasteiger partial charge in [0.25, 0.3) is 0 Å². The van der Waals surface area contributed by atoms with Crippen LogP contribution >= 0.6 is 27.7 Å². The number of carbonyl (C=O) groups excluding carboxylic acids is 1. The van der Waals surface area contributed by atoms with E-state index in [9.17, 15) is 4.79 Å². The molecule has 0 saturated carbocycles. The van der Waals surface area contributed by atoms with Crippen molar-refractivity contribution in [3.8, 4) is 0 Å². The van der Waals surface area contributed by atoms with E-state index in [-0.39, 0.29) is 11.2 Å². The Bertz CT molecular complexity index is 355. The molecule has 0 aromatic heterocycles. The zero-order valence-electron chi connectivity index (χ0n) is 9.40. The smallest absolute Gasteiger partial charge is 0.319 e. The van der Waals surface area contributed by atoms with Crippen molar-refractivity contribution in [3.63, 3.8) is 0 Å². The SMILES string of the molecule is CCOC(=O)C(CC)Sc1ccccc1Br. The average molecular weight is 303 g/mol. The standard InChI is InChI=1S/C12H15BrO2S/c1-3-10(12(14)15-4-2)16-11-8-6-5-7-9(11)13/h5-8,10H,3-4H2,1-2H3. The van der Waals surface area contributed by atoms with E-state index in [1.807, 2.05) is 38.1 Å². The van der Waals surface area contributed by atoms with Crippen LogP contribution in [0.15, 0.2) is 33.6 Å². The van der Waals surface area contributed by atoms with Crippen molar-refractivity contribution >= 4 is 33.7 Å². The third-order valence-corrected chi connectivity index (χ3v) is 4.40. The largest absolute Gasteiger partial charge is 0.465 e. The predicted molar refractivity (Wildman–Crippen MR) is 70.7 cm³/mol. The summed E-state index contributed by atoms with van der Waals surface area (Å²) in [5.41, 5.74) is 0. The number of ether oxygens (including phenoxy) is 1. The summed E-state index contributed by atoms with van der Waals surface area (Å²) in [6, 6.07) is 7.89. The maximum absolute atomic E-state index is 11.6. The summed E-state index contributed by atoms with van der Waals surface area (Å²) in [4.78, 5) is 12.7. The molecule has 0 N–H and O–H groups in total. The molecule has 0 bridgehead atoms. The van der Waals surface area contributed by atoms with E-state index in [1.54, 1.807) is 11.8 Å². The minimum Gasteiger partial charge on any atom is -0.465 e. The van der Waals surface area contributed by atoms with Crippen LogP contribution < -0.4 is 0 Å². The van der Waals surface area contributed by atoms with Crippen LogP contribution in [0, 0.1) is 0 Å². The van der Waals surface area contributed by atoms with Crippen LogP contribution in [0.25, 0.3) is 0 Å². The van der Waals surface area contributed by atoms with E-state index < -0.39 is 0 Å². The van der Waals surface area contributed by atoms with E-state index in [0.717, 1.165) is 15.8 Å². The highest BCUT2D eigenvalue weighted by molar-refractivity contribution is 9.10. The van der Waals surface area contributed by atoms with Crippen molar-refractivity contribution in [2.45, 2.75) is 30.4 Å². The average Bonchev–Trinajstić information content (AvgIpc) is 2.28. The van der Waals surface area contributed by atoms with Gasteiger partial charge in [-0.2, -0.15) is 0 Å². The van der Waals surface area contributed by atoms with Crippen LogP contribution in [-0.4, -0.2) is 17.8 Å². The molecule has 0 amide bonds. The molecule has 1 unspecified atom stereocenters. The quantitative estimate of drug-likeness (QED) is 0.610. The number of thioether (sulfide) groups is 1. The molecule has 0 heterocycles. The fourth-order valence-electron chi connectivity index (χ4n) is 1.23. The van der Waals surface area contributed by atoms with Crippen LogP contribution in [0.3, 0.4) is 0 Å². The Labute approximate surface area is 109 Å². The molecule has 1 atom stereocenters. The summed E-state index contributed by atoms with van der Waals surface area (Å²) in [6.45, 7) is 4.25. The third kappa shape index (κ3) is 3.83. The Morgan fingerprint density at radius 3 is 2.69 bits per heavy atom. The summed E-state index contributed by atoms with van der Waals surface area (Å²) >= 11 is 5.01. The molecule has 16 heavy (non-hydrogen) atoms. The van der Waals surface area contributed by atoms with Gasteiger partial charge in [0.05, 0.1) is 6.61 Å². The summed E-state index contributed by atoms with van der Waals surface area (Å²) in [7, 11) is 0. The first kappa shape index (κ1) is 13.6. The molecule has 88 valence electrons. The number of esters is 1. The van der Waals surface area contributed by atoms with Crippen molar-refractivity contribution in [1.29, 1.82) is 0 Å². The minimum absolute atomic E-state index is 0.126. The molecule has 1 rings (SSSR count). The number of carbonyl (C=O) groups is 1. The van der Waals surface area contributed by atoms with E-state index >= 15 is 0 Å². The van der Waals surface area contributed by atoms with Crippen molar-refractivity contribution in [3.05, 3.63) is 28.7 Å². The highest BCUT2D eigenvalue weighted by atomic mass is 79.9. The highest BCUT2D eigenvalue weighted by Crippen LogP contribution is 2.32. The van der Waals surface area contributed by atoms with Crippen LogP contribution in [0.5, 0.6) is 0 Å². The van der Waals surface area contributed by atoms with Gasteiger partial charge in [0.15, 0.2) is 0 Å². The second-order valence-corrected chi connectivity index (χ2v) is 5.30. The van der Waals surface area contributed by atoms with Crippen molar-refractivity contribution in [2.75, 3.05) is 6.61 Å². The molecule has 4 heteroatoms. The van der Waals surface area contributed by atoms with Gasteiger partial charge in [-0.25, -0.2) is 0 Å². The molecule has 2 nitrogen and oxygen atoms in total. The molecule has 0 fully saturated rings. The predicted octanol–water partition coefficient (Wildman–Crippen LogP) is 3.88. The Morgan fingerprint density at radius 1 is 1.44 bits per heavy atom. The van der Waals surface area contributed by atoms with E-state index in [4.69, 9.17) is 4.74 Å². The maximum Gasteiger partial charge on any atom is 0.319 e. The Kier molecular flexibility index (Phi) is 5.91. The fourth-order valence-corrected chi connectivity index (χ4v) is 2.77. The van der Waals surface area contributed by atoms with E-state index in [2.05, 4.69) is 15.9 Å². The summed E-state index contributed by atoms with van der Waals surface area (Å²) in [5.74, 6) is -0.134. The van der Waals surface area contributed by atoms with Gasteiger partial charge in [0, 0.05) is 9.37 Å². The summed E-state index contributed by atoms with van der Waals surface area (Å²) in [5, 5.41) is -0.126. The first-order valence-electron chi connectivity index (χ1n) is 5.26. The normalized spacial score (nSPS) is 12.2. The van der Waals surface area contributed by atoms with Gasteiger partial charge in [-0.05, 0) is 41.4 Å². The van der Waals surface area contributed by atoms with Crippen molar-refractivity contribution < 1.29 is 9.53 Å². The zero-order valence-corrected chi connectivity index (χ0v) is 11.8. The second-order valence-electron chi connectivity index (χ2n) is 3.20. The number of halogens is 1. The van der Waals surface area contributed by atoms with Gasteiger partial charge in [-0.3, -0.25) is 4.79 Å². The van der Waals surface area contributed by atoms with Gasteiger partial charge in [-0.15, -0.1) is 11.8 Å². The van der Waals surface area contributed by atoms with E-state index in [0.29, 0.717) is 6.61 Å². The van der Waals surface area contributed by atoms with Crippen molar-refractivity contribution in [1.82, 2.24) is 0 Å². The number of benzene rings is 1. The molecule has 1 aromatic rings. The Morgan fingerprint density at radius 2 is 2.12 bits per heavy atom. The lowest BCUT2D eigenvalue weighted by atomic mass is 10.3.